The van der Waals surface area contributed by atoms with Gasteiger partial charge in [0.15, 0.2) is 0 Å². The first kappa shape index (κ1) is 28.0. The normalized spacial score (nSPS) is 13.2. The Morgan fingerprint density at radius 2 is 1.88 bits per heavy atom. The van der Waals surface area contributed by atoms with Crippen molar-refractivity contribution < 1.29 is 9.90 Å². The molecule has 10 heteroatoms. The molecular weight excluding hydrogens is 536 g/mol. The van der Waals surface area contributed by atoms with Crippen LogP contribution in [0.4, 0.5) is 0 Å². The smallest absolute Gasteiger partial charge is 0.336 e. The monoisotopic (exact) mass is 566 g/mol. The molecule has 41 heavy (non-hydrogen) atoms. The lowest BCUT2D eigenvalue weighted by molar-refractivity contribution is -0.132. The lowest BCUT2D eigenvalue weighted by Crippen LogP contribution is -2.32. The van der Waals surface area contributed by atoms with Crippen LogP contribution in [0.15, 0.2) is 76.6 Å². The van der Waals surface area contributed by atoms with Gasteiger partial charge in [-0.2, -0.15) is 5.21 Å². The molecule has 9 nitrogen and oxygen atoms in total. The van der Waals surface area contributed by atoms with Gasteiger partial charge in [0.05, 0.1) is 17.8 Å². The SMILES string of the molecule is CCCCc1nc(C)n(CC2=C(C(=O)O)C=CCC2=S)c(=O)c1Cc1ccc(-c2ccccc2-c2nn[nH]n2)cc1. The minimum atomic E-state index is -1.06. The summed E-state index contributed by atoms with van der Waals surface area (Å²) in [5, 5.41) is 24.2. The van der Waals surface area contributed by atoms with Gasteiger partial charge >= 0.3 is 5.97 Å². The second-order valence-corrected chi connectivity index (χ2v) is 10.5. The van der Waals surface area contributed by atoms with Gasteiger partial charge in [-0.25, -0.2) is 9.78 Å². The number of benzene rings is 2. The Hall–Kier alpha value is -4.57. The number of carboxylic acid groups (broad SMARTS) is 1. The van der Waals surface area contributed by atoms with Gasteiger partial charge in [0, 0.05) is 34.4 Å². The van der Waals surface area contributed by atoms with Crippen molar-refractivity contribution in [1.82, 2.24) is 30.2 Å². The molecular formula is C31H30N6O3S. The molecule has 0 radical (unpaired) electrons. The predicted molar refractivity (Wildman–Crippen MR) is 161 cm³/mol. The summed E-state index contributed by atoms with van der Waals surface area (Å²) in [6, 6.07) is 15.9. The summed E-state index contributed by atoms with van der Waals surface area (Å²) < 4.78 is 1.56. The maximum absolute atomic E-state index is 14.0. The van der Waals surface area contributed by atoms with Crippen molar-refractivity contribution in [1.29, 1.82) is 0 Å². The van der Waals surface area contributed by atoms with E-state index < -0.39 is 5.97 Å². The van der Waals surface area contributed by atoms with Crippen LogP contribution in [0, 0.1) is 6.92 Å². The fourth-order valence-electron chi connectivity index (χ4n) is 5.07. The Kier molecular flexibility index (Phi) is 8.39. The minimum Gasteiger partial charge on any atom is -0.478 e. The lowest BCUT2D eigenvalue weighted by atomic mass is 9.95. The number of nitrogens with zero attached hydrogens (tertiary/aromatic N) is 5. The first-order valence-corrected chi connectivity index (χ1v) is 14.0. The van der Waals surface area contributed by atoms with Crippen molar-refractivity contribution in [2.45, 2.75) is 52.5 Å². The van der Waals surface area contributed by atoms with Crippen molar-refractivity contribution in [3.8, 4) is 22.5 Å². The Morgan fingerprint density at radius 1 is 1.12 bits per heavy atom. The number of thiocarbonyl (C=S) groups is 1. The first-order chi connectivity index (χ1) is 19.9. The highest BCUT2D eigenvalue weighted by molar-refractivity contribution is 7.80. The van der Waals surface area contributed by atoms with Crippen LogP contribution in [0.2, 0.25) is 0 Å². The Bertz CT molecular complexity index is 1720. The molecule has 5 rings (SSSR count). The quantitative estimate of drug-likeness (QED) is 0.256. The highest BCUT2D eigenvalue weighted by Crippen LogP contribution is 2.30. The molecule has 0 saturated carbocycles. The number of H-pyrrole nitrogens is 1. The number of aryl methyl sites for hydroxylation is 2. The summed E-state index contributed by atoms with van der Waals surface area (Å²) in [5.41, 5.74) is 5.67. The molecule has 0 aliphatic heterocycles. The molecule has 2 N–H and O–H groups in total. The van der Waals surface area contributed by atoms with Crippen LogP contribution in [0.1, 0.15) is 48.8 Å². The number of aliphatic carboxylic acids is 1. The minimum absolute atomic E-state index is 0.0787. The van der Waals surface area contributed by atoms with Crippen LogP contribution in [-0.2, 0) is 24.2 Å². The third-order valence-electron chi connectivity index (χ3n) is 7.26. The van der Waals surface area contributed by atoms with E-state index in [0.717, 1.165) is 40.8 Å². The zero-order valence-corrected chi connectivity index (χ0v) is 23.7. The Morgan fingerprint density at radius 3 is 2.56 bits per heavy atom. The summed E-state index contributed by atoms with van der Waals surface area (Å²) in [4.78, 5) is 31.2. The molecule has 208 valence electrons. The van der Waals surface area contributed by atoms with Gasteiger partial charge in [-0.15, -0.1) is 10.2 Å². The molecule has 0 spiro atoms. The Labute approximate surface area is 242 Å². The van der Waals surface area contributed by atoms with Crippen LogP contribution in [0.3, 0.4) is 0 Å². The van der Waals surface area contributed by atoms with Crippen molar-refractivity contribution in [3.05, 3.63) is 105 Å². The van der Waals surface area contributed by atoms with E-state index >= 15 is 0 Å². The van der Waals surface area contributed by atoms with E-state index in [1.54, 1.807) is 23.6 Å². The zero-order chi connectivity index (χ0) is 28.9. The van der Waals surface area contributed by atoms with E-state index in [1.807, 2.05) is 48.5 Å². The van der Waals surface area contributed by atoms with Gasteiger partial charge in [0.2, 0.25) is 5.82 Å². The molecule has 4 aromatic rings. The second kappa shape index (κ2) is 12.3. The fourth-order valence-corrected chi connectivity index (χ4v) is 5.34. The van der Waals surface area contributed by atoms with Gasteiger partial charge in [0.1, 0.15) is 5.82 Å². The topological polar surface area (TPSA) is 127 Å². The number of unbranched alkanes of at least 4 members (excludes halogenated alkanes) is 1. The maximum atomic E-state index is 14.0. The molecule has 0 bridgehead atoms. The number of hydrogen-bond donors (Lipinski definition) is 2. The standard InChI is InChI=1S/C31H30N6O3S/c1-3-4-11-27-25(30(38)37(19(2)32-27)18-26-24(31(39)40)10-7-12-28(26)41)17-20-13-15-21(16-14-20)22-8-5-6-9-23(22)29-33-35-36-34-29/h5-10,13-16H,3-4,11-12,17-18H2,1-2H3,(H,39,40)(H,33,34,35,36). The molecule has 2 aromatic carbocycles. The number of hydrogen-bond acceptors (Lipinski definition) is 7. The molecule has 2 heterocycles. The maximum Gasteiger partial charge on any atom is 0.336 e. The zero-order valence-electron chi connectivity index (χ0n) is 22.9. The molecule has 0 unspecified atom stereocenters. The number of aromatic nitrogens is 6. The number of rotatable bonds is 10. The van der Waals surface area contributed by atoms with Crippen LogP contribution in [0.5, 0.6) is 0 Å². The lowest BCUT2D eigenvalue weighted by Gasteiger charge is -2.19. The number of allylic oxidation sites excluding steroid dienone is 2. The molecule has 1 aliphatic rings. The third kappa shape index (κ3) is 5.97. The molecule has 0 atom stereocenters. The first-order valence-electron chi connectivity index (χ1n) is 13.5. The van der Waals surface area contributed by atoms with Crippen LogP contribution in [-0.4, -0.2) is 46.1 Å². The number of tetrazole rings is 1. The predicted octanol–water partition coefficient (Wildman–Crippen LogP) is 5.04. The van der Waals surface area contributed by atoms with Gasteiger partial charge < -0.3 is 5.11 Å². The van der Waals surface area contributed by atoms with Gasteiger partial charge in [-0.05, 0) is 41.7 Å². The van der Waals surface area contributed by atoms with Crippen LogP contribution >= 0.6 is 12.2 Å². The number of nitrogens with one attached hydrogen (secondary N) is 1. The molecule has 2 aromatic heterocycles. The van der Waals surface area contributed by atoms with Gasteiger partial charge in [0.25, 0.3) is 5.56 Å². The van der Waals surface area contributed by atoms with Gasteiger partial charge in [-0.3, -0.25) is 9.36 Å². The van der Waals surface area contributed by atoms with Crippen molar-refractivity contribution in [2.24, 2.45) is 0 Å². The average Bonchev–Trinajstić information content (AvgIpc) is 3.52. The second-order valence-electron chi connectivity index (χ2n) is 9.96. The summed E-state index contributed by atoms with van der Waals surface area (Å²) in [7, 11) is 0. The number of carbonyl (C=O) groups is 1. The summed E-state index contributed by atoms with van der Waals surface area (Å²) in [5.74, 6) is 0.0104. The molecule has 1 aliphatic carbocycles. The van der Waals surface area contributed by atoms with E-state index in [-0.39, 0.29) is 17.7 Å². The van der Waals surface area contributed by atoms with E-state index in [0.29, 0.717) is 46.9 Å². The average molecular weight is 567 g/mol. The fraction of sp³-hybridized carbons (Fsp3) is 0.258. The summed E-state index contributed by atoms with van der Waals surface area (Å²) in [6.07, 6.45) is 6.79. The third-order valence-corrected chi connectivity index (χ3v) is 7.67. The van der Waals surface area contributed by atoms with E-state index in [1.165, 1.54) is 0 Å². The summed E-state index contributed by atoms with van der Waals surface area (Å²) >= 11 is 5.50. The van der Waals surface area contributed by atoms with Crippen molar-refractivity contribution in [2.75, 3.05) is 0 Å². The van der Waals surface area contributed by atoms with Crippen molar-refractivity contribution in [3.63, 3.8) is 0 Å². The van der Waals surface area contributed by atoms with E-state index in [4.69, 9.17) is 17.2 Å². The van der Waals surface area contributed by atoms with E-state index in [9.17, 15) is 14.7 Å². The summed E-state index contributed by atoms with van der Waals surface area (Å²) in [6.45, 7) is 3.98. The highest BCUT2D eigenvalue weighted by atomic mass is 32.1. The van der Waals surface area contributed by atoms with Crippen molar-refractivity contribution >= 4 is 23.1 Å². The van der Waals surface area contributed by atoms with E-state index in [2.05, 4.69) is 27.5 Å². The number of carboxylic acids is 1. The molecule has 0 amide bonds. The molecule has 0 fully saturated rings. The van der Waals surface area contributed by atoms with Gasteiger partial charge in [-0.1, -0.05) is 86.2 Å². The Balaban J connectivity index is 1.51. The largest absolute Gasteiger partial charge is 0.478 e. The van der Waals surface area contributed by atoms with Crippen LogP contribution in [0.25, 0.3) is 22.5 Å². The molecule has 0 saturated heterocycles. The highest BCUT2D eigenvalue weighted by Gasteiger charge is 2.22. The number of aromatic amines is 1. The van der Waals surface area contributed by atoms with Crippen LogP contribution < -0.4 is 5.56 Å².